The van der Waals surface area contributed by atoms with Crippen molar-refractivity contribution in [3.63, 3.8) is 0 Å². The molecule has 0 spiro atoms. The van der Waals surface area contributed by atoms with Crippen LogP contribution in [0.4, 0.5) is 0 Å². The number of aliphatic carboxylic acids is 1. The topological polar surface area (TPSA) is 78.5 Å². The first-order chi connectivity index (χ1) is 11.6. The lowest BCUT2D eigenvalue weighted by atomic mass is 10.1. The summed E-state index contributed by atoms with van der Waals surface area (Å²) in [6.07, 6.45) is 18.5. The smallest absolute Gasteiger partial charge is 0.207 e. The lowest BCUT2D eigenvalue weighted by molar-refractivity contribution is -0.780. The van der Waals surface area contributed by atoms with Gasteiger partial charge in [0.1, 0.15) is 19.3 Å². The van der Waals surface area contributed by atoms with Gasteiger partial charge in [0, 0.05) is 13.0 Å². The monoisotopic (exact) mass is 335 g/mol. The molecule has 1 heterocycles. The normalized spacial score (nSPS) is 20.0. The van der Waals surface area contributed by atoms with Gasteiger partial charge in [-0.2, -0.15) is 0 Å². The van der Waals surface area contributed by atoms with Gasteiger partial charge < -0.3 is 15.6 Å². The number of allylic oxidation sites excluding steroid dienone is 2. The molecule has 0 aromatic heterocycles. The van der Waals surface area contributed by atoms with Gasteiger partial charge in [0.2, 0.25) is 5.84 Å². The zero-order chi connectivity index (χ0) is 17.7. The molecule has 136 valence electrons. The molecule has 2 N–H and O–H groups in total. The van der Waals surface area contributed by atoms with Gasteiger partial charge in [0.05, 0.1) is 12.2 Å². The number of hydrogen-bond donors (Lipinski definition) is 1. The minimum absolute atomic E-state index is 0.0716. The van der Waals surface area contributed by atoms with Crippen molar-refractivity contribution in [1.82, 2.24) is 0 Å². The van der Waals surface area contributed by atoms with Gasteiger partial charge in [-0.15, -0.1) is 0 Å². The summed E-state index contributed by atoms with van der Waals surface area (Å²) in [6.45, 7) is 3.09. The molecule has 1 unspecified atom stereocenters. The zero-order valence-electron chi connectivity index (χ0n) is 15.1. The van der Waals surface area contributed by atoms with Crippen molar-refractivity contribution >= 4 is 11.8 Å². The molecular weight excluding hydrogens is 302 g/mol. The van der Waals surface area contributed by atoms with Crippen molar-refractivity contribution in [2.75, 3.05) is 19.6 Å². The van der Waals surface area contributed by atoms with E-state index in [4.69, 9.17) is 5.73 Å². The Morgan fingerprint density at radius 1 is 1.21 bits per heavy atom. The van der Waals surface area contributed by atoms with Crippen LogP contribution in [0.3, 0.4) is 0 Å². The maximum absolute atomic E-state index is 11.1. The average Bonchev–Trinajstić information content (AvgIpc) is 2.91. The van der Waals surface area contributed by atoms with Crippen molar-refractivity contribution in [1.29, 1.82) is 0 Å². The van der Waals surface area contributed by atoms with Crippen LogP contribution < -0.4 is 10.8 Å². The van der Waals surface area contributed by atoms with E-state index in [9.17, 15) is 9.90 Å². The first-order valence-electron chi connectivity index (χ1n) is 9.31. The van der Waals surface area contributed by atoms with Gasteiger partial charge in [0.15, 0.2) is 0 Å². The summed E-state index contributed by atoms with van der Waals surface area (Å²) in [7, 11) is 0. The molecule has 0 fully saturated rings. The van der Waals surface area contributed by atoms with Gasteiger partial charge in [-0.3, -0.25) is 0 Å². The molecule has 1 rings (SSSR count). The first-order valence-corrected chi connectivity index (χ1v) is 9.31. The lowest BCUT2D eigenvalue weighted by Gasteiger charge is -2.32. The van der Waals surface area contributed by atoms with Crippen molar-refractivity contribution in [2.45, 2.75) is 64.7 Å². The van der Waals surface area contributed by atoms with Crippen LogP contribution in [-0.2, 0) is 4.79 Å². The predicted molar refractivity (Wildman–Crippen MR) is 97.0 cm³/mol. The molecule has 0 saturated heterocycles. The summed E-state index contributed by atoms with van der Waals surface area (Å²) in [5.74, 6) is -0.144. The maximum atomic E-state index is 11.1. The molecule has 0 aromatic rings. The number of amidine groups is 1. The summed E-state index contributed by atoms with van der Waals surface area (Å²) in [6, 6.07) is 0. The number of carboxylic acids is 1. The highest BCUT2D eigenvalue weighted by Gasteiger charge is 2.34. The Bertz CT molecular complexity index is 458. The van der Waals surface area contributed by atoms with Gasteiger partial charge in [-0.1, -0.05) is 44.8 Å². The quantitative estimate of drug-likeness (QED) is 0.301. The van der Waals surface area contributed by atoms with Gasteiger partial charge >= 0.3 is 0 Å². The Hall–Kier alpha value is -1.46. The number of unbranched alkanes of at least 4 members (excludes halogenated alkanes) is 6. The minimum Gasteiger partial charge on any atom is -0.544 e. The molecule has 0 aliphatic carbocycles. The molecule has 1 atom stereocenters. The lowest BCUT2D eigenvalue weighted by Crippen LogP contribution is -2.55. The van der Waals surface area contributed by atoms with Gasteiger partial charge in [0.25, 0.3) is 0 Å². The van der Waals surface area contributed by atoms with E-state index in [2.05, 4.69) is 24.1 Å². The SMILES string of the molecule is CC/C=C/CCCCCCCCC1=NC=C[N+]1(CCN)CC(=O)[O-]. The number of hydrogen-bond acceptors (Lipinski definition) is 4. The number of aliphatic imine (C=N–C) groups is 1. The fourth-order valence-electron chi connectivity index (χ4n) is 3.16. The molecule has 1 aliphatic heterocycles. The highest BCUT2D eigenvalue weighted by Crippen LogP contribution is 2.21. The number of carboxylic acid groups (broad SMARTS) is 1. The largest absolute Gasteiger partial charge is 0.544 e. The van der Waals surface area contributed by atoms with Crippen LogP contribution >= 0.6 is 0 Å². The van der Waals surface area contributed by atoms with Gasteiger partial charge in [-0.25, -0.2) is 9.48 Å². The fourth-order valence-corrected chi connectivity index (χ4v) is 3.16. The Morgan fingerprint density at radius 2 is 1.92 bits per heavy atom. The Balaban J connectivity index is 2.22. The van der Waals surface area contributed by atoms with Crippen molar-refractivity contribution in [2.24, 2.45) is 10.7 Å². The van der Waals surface area contributed by atoms with E-state index in [-0.39, 0.29) is 11.0 Å². The van der Waals surface area contributed by atoms with E-state index in [1.807, 2.05) is 6.20 Å². The third kappa shape index (κ3) is 7.41. The van der Waals surface area contributed by atoms with Crippen LogP contribution in [0.15, 0.2) is 29.5 Å². The Kier molecular flexibility index (Phi) is 10.3. The van der Waals surface area contributed by atoms with E-state index in [1.54, 1.807) is 6.20 Å². The number of carbonyl (C=O) groups is 1. The van der Waals surface area contributed by atoms with E-state index in [0.29, 0.717) is 13.1 Å². The van der Waals surface area contributed by atoms with Crippen LogP contribution in [0.25, 0.3) is 0 Å². The third-order valence-corrected chi connectivity index (χ3v) is 4.45. The Labute approximate surface area is 146 Å². The molecule has 0 amide bonds. The van der Waals surface area contributed by atoms with E-state index >= 15 is 0 Å². The van der Waals surface area contributed by atoms with Crippen LogP contribution in [0.1, 0.15) is 64.7 Å². The van der Waals surface area contributed by atoms with Crippen molar-refractivity contribution in [3.05, 3.63) is 24.6 Å². The highest BCUT2D eigenvalue weighted by atomic mass is 16.4. The zero-order valence-corrected chi connectivity index (χ0v) is 15.1. The second kappa shape index (κ2) is 12.0. The standard InChI is InChI=1S/C19H33N3O2/c1-2-3-4-5-6-7-8-9-10-11-12-18-21-14-16-22(18,15-13-20)17-19(23)24/h3-4,14,16H,2,5-13,15,17,20H2,1H3/b4-3+. The van der Waals surface area contributed by atoms with Crippen molar-refractivity contribution < 1.29 is 14.4 Å². The summed E-state index contributed by atoms with van der Waals surface area (Å²) in [5, 5.41) is 11.1. The number of nitrogens with zero attached hydrogens (tertiary/aromatic N) is 2. The molecule has 5 nitrogen and oxygen atoms in total. The molecule has 24 heavy (non-hydrogen) atoms. The molecule has 1 aliphatic rings. The second-order valence-corrected chi connectivity index (χ2v) is 6.46. The molecule has 0 saturated carbocycles. The van der Waals surface area contributed by atoms with E-state index in [1.165, 1.54) is 32.1 Å². The number of quaternary nitrogens is 1. The number of nitrogens with two attached hydrogens (primary N) is 1. The predicted octanol–water partition coefficient (Wildman–Crippen LogP) is 2.48. The summed E-state index contributed by atoms with van der Waals surface area (Å²) >= 11 is 0. The third-order valence-electron chi connectivity index (χ3n) is 4.45. The van der Waals surface area contributed by atoms with Crippen molar-refractivity contribution in [3.8, 4) is 0 Å². The van der Waals surface area contributed by atoms with E-state index < -0.39 is 5.97 Å². The van der Waals surface area contributed by atoms with Crippen LogP contribution in [0, 0.1) is 0 Å². The maximum Gasteiger partial charge on any atom is 0.207 e. The molecule has 5 heteroatoms. The summed E-state index contributed by atoms with van der Waals surface area (Å²) < 4.78 is 0.239. The highest BCUT2D eigenvalue weighted by molar-refractivity contribution is 5.80. The average molecular weight is 335 g/mol. The molecule has 0 radical (unpaired) electrons. The molecule has 0 aromatic carbocycles. The van der Waals surface area contributed by atoms with Crippen LogP contribution in [0.2, 0.25) is 0 Å². The second-order valence-electron chi connectivity index (χ2n) is 6.46. The first kappa shape index (κ1) is 20.6. The van der Waals surface area contributed by atoms with E-state index in [0.717, 1.165) is 31.5 Å². The number of carbonyl (C=O) groups excluding carboxylic acids is 1. The summed E-state index contributed by atoms with van der Waals surface area (Å²) in [5.41, 5.74) is 5.66. The molecular formula is C19H33N3O2. The van der Waals surface area contributed by atoms with Crippen LogP contribution in [-0.4, -0.2) is 35.9 Å². The summed E-state index contributed by atoms with van der Waals surface area (Å²) in [4.78, 5) is 15.5. The fraction of sp³-hybridized carbons (Fsp3) is 0.684. The number of rotatable bonds is 14. The Morgan fingerprint density at radius 3 is 2.58 bits per heavy atom. The van der Waals surface area contributed by atoms with Gasteiger partial charge in [-0.05, 0) is 25.7 Å². The molecule has 0 bridgehead atoms. The minimum atomic E-state index is -1.06. The van der Waals surface area contributed by atoms with Crippen LogP contribution in [0.5, 0.6) is 0 Å².